The second-order valence-electron chi connectivity index (χ2n) is 8.39. The van der Waals surface area contributed by atoms with Crippen LogP contribution in [0.5, 0.6) is 23.0 Å². The summed E-state index contributed by atoms with van der Waals surface area (Å²) in [5.74, 6) is 3.63. The van der Waals surface area contributed by atoms with E-state index in [2.05, 4.69) is 23.9 Å². The molecule has 0 spiro atoms. The highest BCUT2D eigenvalue weighted by Gasteiger charge is 2.27. The minimum Gasteiger partial charge on any atom is -0.493 e. The predicted octanol–water partition coefficient (Wildman–Crippen LogP) is 3.64. The first-order chi connectivity index (χ1) is 16.5. The highest BCUT2D eigenvalue weighted by molar-refractivity contribution is 7.15. The van der Waals surface area contributed by atoms with Crippen molar-refractivity contribution in [1.29, 1.82) is 0 Å². The maximum atomic E-state index is 13.0. The molecule has 9 heteroatoms. The molecule has 0 N–H and O–H groups in total. The summed E-state index contributed by atoms with van der Waals surface area (Å²) in [6.07, 6.45) is 2.30. The number of nitrogens with zero attached hydrogens (tertiary/aromatic N) is 3. The number of ether oxygens (including phenoxy) is 4. The van der Waals surface area contributed by atoms with Gasteiger partial charge in [0.15, 0.2) is 34.9 Å². The lowest BCUT2D eigenvalue weighted by atomic mass is 10.1. The maximum absolute atomic E-state index is 13.0. The van der Waals surface area contributed by atoms with Crippen LogP contribution in [0.2, 0.25) is 0 Å². The molecule has 2 aromatic heterocycles. The van der Waals surface area contributed by atoms with Gasteiger partial charge in [0.25, 0.3) is 5.56 Å². The second-order valence-corrected chi connectivity index (χ2v) is 9.39. The molecule has 34 heavy (non-hydrogen) atoms. The topological polar surface area (TPSA) is 84.2 Å². The monoisotopic (exact) mass is 479 g/mol. The largest absolute Gasteiger partial charge is 0.493 e. The number of hydrogen-bond donors (Lipinski definition) is 0. The normalized spacial score (nSPS) is 15.8. The molecule has 176 valence electrons. The first-order valence-electron chi connectivity index (χ1n) is 11.1. The molecule has 1 aliphatic rings. The van der Waals surface area contributed by atoms with Gasteiger partial charge < -0.3 is 18.9 Å². The Hall–Kier alpha value is -3.59. The summed E-state index contributed by atoms with van der Waals surface area (Å²) in [7, 11) is 1.60. The number of aromatic nitrogens is 3. The van der Waals surface area contributed by atoms with E-state index in [1.54, 1.807) is 13.2 Å². The van der Waals surface area contributed by atoms with E-state index in [4.69, 9.17) is 18.9 Å². The van der Waals surface area contributed by atoms with Gasteiger partial charge in [0, 0.05) is 0 Å². The van der Waals surface area contributed by atoms with Crippen molar-refractivity contribution >= 4 is 22.4 Å². The number of methoxy groups -OCH3 is 1. The molecule has 0 unspecified atom stereocenters. The molecule has 0 radical (unpaired) electrons. The Morgan fingerprint density at radius 2 is 2.03 bits per heavy atom. The number of hydrogen-bond acceptors (Lipinski definition) is 8. The third-order valence-corrected chi connectivity index (χ3v) is 6.39. The Balaban J connectivity index is 1.38. The van der Waals surface area contributed by atoms with E-state index in [1.165, 1.54) is 15.9 Å². The van der Waals surface area contributed by atoms with Crippen molar-refractivity contribution in [3.8, 4) is 23.0 Å². The van der Waals surface area contributed by atoms with Gasteiger partial charge in [-0.3, -0.25) is 4.79 Å². The van der Waals surface area contributed by atoms with Crippen molar-refractivity contribution in [3.05, 3.63) is 68.7 Å². The van der Waals surface area contributed by atoms with Gasteiger partial charge in [-0.05, 0) is 48.2 Å². The number of fused-ring (bicyclic) bond motifs is 2. The smallest absolute Gasteiger partial charge is 0.291 e. The highest BCUT2D eigenvalue weighted by atomic mass is 32.1. The summed E-state index contributed by atoms with van der Waals surface area (Å²) in [4.78, 5) is 18.0. The van der Waals surface area contributed by atoms with Crippen LogP contribution in [0.25, 0.3) is 11.0 Å². The fourth-order valence-electron chi connectivity index (χ4n) is 3.58. The summed E-state index contributed by atoms with van der Waals surface area (Å²) < 4.78 is 24.9. The minimum absolute atomic E-state index is 0.230. The summed E-state index contributed by atoms with van der Waals surface area (Å²) in [5, 5.41) is 4.40. The molecule has 0 bridgehead atoms. The Labute approximate surface area is 200 Å². The van der Waals surface area contributed by atoms with Crippen molar-refractivity contribution in [2.24, 2.45) is 5.92 Å². The van der Waals surface area contributed by atoms with Gasteiger partial charge in [-0.2, -0.15) is 9.50 Å². The minimum atomic E-state index is -0.471. The van der Waals surface area contributed by atoms with Gasteiger partial charge in [0.1, 0.15) is 6.61 Å². The average Bonchev–Trinajstić information content (AvgIpc) is 3.38. The van der Waals surface area contributed by atoms with Crippen molar-refractivity contribution < 1.29 is 18.9 Å². The molecule has 0 saturated heterocycles. The van der Waals surface area contributed by atoms with Crippen LogP contribution in [0.1, 0.15) is 37.8 Å². The van der Waals surface area contributed by atoms with Crippen LogP contribution in [0.15, 0.2) is 47.3 Å². The Morgan fingerprint density at radius 3 is 2.79 bits per heavy atom. The number of para-hydroxylation sites is 2. The van der Waals surface area contributed by atoms with Crippen LogP contribution >= 0.6 is 11.3 Å². The van der Waals surface area contributed by atoms with Crippen LogP contribution in [-0.4, -0.2) is 34.9 Å². The van der Waals surface area contributed by atoms with Crippen LogP contribution < -0.4 is 29.0 Å². The van der Waals surface area contributed by atoms with Crippen molar-refractivity contribution in [2.75, 3.05) is 20.3 Å². The molecule has 0 saturated carbocycles. The lowest BCUT2D eigenvalue weighted by Crippen LogP contribution is -2.26. The predicted molar refractivity (Wildman–Crippen MR) is 129 cm³/mol. The molecule has 5 rings (SSSR count). The van der Waals surface area contributed by atoms with Crippen molar-refractivity contribution in [1.82, 2.24) is 14.6 Å². The van der Waals surface area contributed by atoms with Gasteiger partial charge in [0.05, 0.1) is 18.2 Å². The van der Waals surface area contributed by atoms with Crippen LogP contribution in [0, 0.1) is 5.92 Å². The highest BCUT2D eigenvalue weighted by Crippen LogP contribution is 2.35. The zero-order chi connectivity index (χ0) is 23.7. The standard InChI is InChI=1S/C25H25N3O5S/c1-15(2)10-11-31-18-9-8-16(12-20(18)30-3)13-22-24(29)28-25(34-22)26-23(27-28)21-14-32-17-6-4-5-7-19(17)33-21/h4-9,12-13,15,21H,10-11,14H2,1-3H3/b22-13-/t21-/m1/s1. The van der Waals surface area contributed by atoms with Crippen molar-refractivity contribution in [3.63, 3.8) is 0 Å². The Kier molecular flexibility index (Phi) is 6.10. The lowest BCUT2D eigenvalue weighted by molar-refractivity contribution is 0.0852. The zero-order valence-corrected chi connectivity index (χ0v) is 20.0. The van der Waals surface area contributed by atoms with Crippen LogP contribution in [-0.2, 0) is 0 Å². The molecule has 4 aromatic rings. The number of benzene rings is 2. The first kappa shape index (κ1) is 22.2. The van der Waals surface area contributed by atoms with E-state index in [0.717, 1.165) is 12.0 Å². The van der Waals surface area contributed by atoms with E-state index in [1.807, 2.05) is 42.5 Å². The maximum Gasteiger partial charge on any atom is 0.291 e. The molecule has 1 atom stereocenters. The number of rotatable bonds is 7. The van der Waals surface area contributed by atoms with Gasteiger partial charge in [-0.15, -0.1) is 5.10 Å². The molecule has 3 heterocycles. The summed E-state index contributed by atoms with van der Waals surface area (Å²) >= 11 is 1.28. The van der Waals surface area contributed by atoms with Crippen LogP contribution in [0.3, 0.4) is 0 Å². The third kappa shape index (κ3) is 4.43. The molecular weight excluding hydrogens is 454 g/mol. The van der Waals surface area contributed by atoms with Gasteiger partial charge in [0.2, 0.25) is 4.96 Å². The SMILES string of the molecule is COc1cc(/C=c2\sc3nc([C@H]4COc5ccccc5O4)nn3c2=O)ccc1OCCC(C)C. The molecule has 0 amide bonds. The van der Waals surface area contributed by atoms with Crippen molar-refractivity contribution in [2.45, 2.75) is 26.4 Å². The third-order valence-electron chi connectivity index (χ3n) is 5.43. The van der Waals surface area contributed by atoms with E-state index >= 15 is 0 Å². The lowest BCUT2D eigenvalue weighted by Gasteiger charge is -2.24. The zero-order valence-electron chi connectivity index (χ0n) is 19.2. The molecular formula is C25H25N3O5S. The Morgan fingerprint density at radius 1 is 1.21 bits per heavy atom. The van der Waals surface area contributed by atoms with Crippen LogP contribution in [0.4, 0.5) is 0 Å². The fourth-order valence-corrected chi connectivity index (χ4v) is 4.50. The molecule has 8 nitrogen and oxygen atoms in total. The average molecular weight is 480 g/mol. The fraction of sp³-hybridized carbons (Fsp3) is 0.320. The molecule has 2 aromatic carbocycles. The summed E-state index contributed by atoms with van der Waals surface area (Å²) in [6.45, 7) is 5.22. The van der Waals surface area contributed by atoms with Gasteiger partial charge in [-0.1, -0.05) is 43.4 Å². The van der Waals surface area contributed by atoms with E-state index in [0.29, 0.717) is 50.8 Å². The summed E-state index contributed by atoms with van der Waals surface area (Å²) in [6, 6.07) is 13.1. The Bertz CT molecular complexity index is 1430. The van der Waals surface area contributed by atoms with Gasteiger partial charge in [-0.25, -0.2) is 0 Å². The number of thiazole rings is 1. The quantitative estimate of drug-likeness (QED) is 0.400. The van der Waals surface area contributed by atoms with E-state index in [-0.39, 0.29) is 12.2 Å². The van der Waals surface area contributed by atoms with E-state index < -0.39 is 6.10 Å². The second kappa shape index (κ2) is 9.34. The molecule has 0 aliphatic carbocycles. The summed E-state index contributed by atoms with van der Waals surface area (Å²) in [5.41, 5.74) is 0.600. The molecule has 0 fully saturated rings. The van der Waals surface area contributed by atoms with E-state index in [9.17, 15) is 4.79 Å². The first-order valence-corrected chi connectivity index (χ1v) is 11.9. The molecule has 1 aliphatic heterocycles. The van der Waals surface area contributed by atoms with Gasteiger partial charge >= 0.3 is 0 Å².